The fourth-order valence-electron chi connectivity index (χ4n) is 6.26. The number of likely N-dealkylation sites (tertiary alicyclic amines) is 1. The second-order valence-corrected chi connectivity index (χ2v) is 13.6. The molecular formula is C37H47FN4O3. The van der Waals surface area contributed by atoms with Crippen LogP contribution >= 0.6 is 0 Å². The van der Waals surface area contributed by atoms with Crippen molar-refractivity contribution in [1.29, 1.82) is 0 Å². The third kappa shape index (κ3) is 9.38. The first-order valence-corrected chi connectivity index (χ1v) is 16.2. The van der Waals surface area contributed by atoms with Gasteiger partial charge in [0.2, 0.25) is 0 Å². The highest BCUT2D eigenvalue weighted by Gasteiger charge is 2.27. The van der Waals surface area contributed by atoms with Gasteiger partial charge in [0.1, 0.15) is 11.4 Å². The number of piperidine rings is 1. The molecule has 5 rings (SSSR count). The first kappa shape index (κ1) is 32.6. The summed E-state index contributed by atoms with van der Waals surface area (Å²) in [6.45, 7) is 13.3. The second kappa shape index (κ2) is 14.6. The Morgan fingerprint density at radius 2 is 1.71 bits per heavy atom. The molecule has 240 valence electrons. The van der Waals surface area contributed by atoms with Crippen molar-refractivity contribution in [1.82, 2.24) is 20.4 Å². The number of nitrogens with one attached hydrogen (secondary N) is 2. The molecule has 0 spiro atoms. The van der Waals surface area contributed by atoms with Gasteiger partial charge in [0, 0.05) is 63.0 Å². The molecule has 2 amide bonds. The molecule has 2 aliphatic rings. The van der Waals surface area contributed by atoms with Crippen LogP contribution in [-0.4, -0.2) is 66.2 Å². The van der Waals surface area contributed by atoms with E-state index in [4.69, 9.17) is 4.74 Å². The van der Waals surface area contributed by atoms with Crippen LogP contribution in [0.5, 0.6) is 0 Å². The Kier molecular flexibility index (Phi) is 10.6. The van der Waals surface area contributed by atoms with Crippen molar-refractivity contribution in [3.63, 3.8) is 0 Å². The largest absolute Gasteiger partial charge is 0.444 e. The lowest BCUT2D eigenvalue weighted by molar-refractivity contribution is 0.0184. The van der Waals surface area contributed by atoms with Gasteiger partial charge in [-0.15, -0.1) is 0 Å². The van der Waals surface area contributed by atoms with Crippen LogP contribution in [-0.2, 0) is 24.2 Å². The Balaban J connectivity index is 1.16. The number of carbonyl (C=O) groups is 2. The maximum Gasteiger partial charge on any atom is 0.410 e. The molecule has 0 unspecified atom stereocenters. The standard InChI is InChI=1S/C37H47FN4O3/c1-26-24-41(18-15-39-26)25-30-8-6-9-31(21-30)33-22-29(11-12-34(33)38)23-40-35(43)32-10-5-7-28(20-32)19-27-13-16-42(17-14-27)36(44)45-37(2,3)4/h5-12,20-22,26-27,39H,13-19,23-25H2,1-4H3,(H,40,43)/t26-/m0/s1. The number of ether oxygens (including phenoxy) is 1. The fourth-order valence-corrected chi connectivity index (χ4v) is 6.26. The van der Waals surface area contributed by atoms with Crippen molar-refractivity contribution in [3.05, 3.63) is 94.8 Å². The number of hydrogen-bond donors (Lipinski definition) is 2. The molecule has 0 saturated carbocycles. The highest BCUT2D eigenvalue weighted by molar-refractivity contribution is 5.94. The summed E-state index contributed by atoms with van der Waals surface area (Å²) in [5.74, 6) is 0.0101. The Morgan fingerprint density at radius 1 is 0.956 bits per heavy atom. The SMILES string of the molecule is C[C@H]1CN(Cc2cccc(-c3cc(CNC(=O)c4cccc(CC5CCN(C(=O)OC(C)(C)C)CC5)c4)ccc3F)c2)CCN1. The van der Waals surface area contributed by atoms with E-state index in [-0.39, 0.29) is 17.8 Å². The van der Waals surface area contributed by atoms with E-state index in [1.54, 1.807) is 11.0 Å². The quantitative estimate of drug-likeness (QED) is 0.307. The molecule has 8 heteroatoms. The Morgan fingerprint density at radius 3 is 2.47 bits per heavy atom. The third-order valence-corrected chi connectivity index (χ3v) is 8.56. The minimum Gasteiger partial charge on any atom is -0.444 e. The van der Waals surface area contributed by atoms with Crippen molar-refractivity contribution < 1.29 is 18.7 Å². The summed E-state index contributed by atoms with van der Waals surface area (Å²) in [4.78, 5) is 29.7. The van der Waals surface area contributed by atoms with Crippen LogP contribution in [0.4, 0.5) is 9.18 Å². The zero-order chi connectivity index (χ0) is 32.0. The zero-order valence-corrected chi connectivity index (χ0v) is 27.1. The number of hydrogen-bond acceptors (Lipinski definition) is 5. The van der Waals surface area contributed by atoms with Gasteiger partial charge in [0.25, 0.3) is 5.91 Å². The van der Waals surface area contributed by atoms with Crippen molar-refractivity contribution in [3.8, 4) is 11.1 Å². The van der Waals surface area contributed by atoms with E-state index in [0.29, 0.717) is 42.7 Å². The number of piperazine rings is 1. The molecule has 45 heavy (non-hydrogen) atoms. The summed E-state index contributed by atoms with van der Waals surface area (Å²) in [6, 6.07) is 21.4. The van der Waals surface area contributed by atoms with Gasteiger partial charge in [-0.1, -0.05) is 36.4 Å². The Bertz CT molecular complexity index is 1480. The van der Waals surface area contributed by atoms with Crippen LogP contribution in [0.25, 0.3) is 11.1 Å². The van der Waals surface area contributed by atoms with E-state index in [1.165, 1.54) is 6.07 Å². The fraction of sp³-hybridized carbons (Fsp3) is 0.459. The highest BCUT2D eigenvalue weighted by Crippen LogP contribution is 2.27. The lowest BCUT2D eigenvalue weighted by Crippen LogP contribution is -2.48. The molecule has 0 radical (unpaired) electrons. The maximum atomic E-state index is 15.0. The summed E-state index contributed by atoms with van der Waals surface area (Å²) in [5.41, 5.74) is 4.60. The number of nitrogens with zero attached hydrogens (tertiary/aromatic N) is 2. The van der Waals surface area contributed by atoms with Crippen molar-refractivity contribution in [2.45, 2.75) is 71.7 Å². The summed E-state index contributed by atoms with van der Waals surface area (Å²) in [6.07, 6.45) is 2.42. The van der Waals surface area contributed by atoms with Crippen LogP contribution in [0, 0.1) is 11.7 Å². The molecule has 7 nitrogen and oxygen atoms in total. The summed E-state index contributed by atoms with van der Waals surface area (Å²) in [5, 5.41) is 6.49. The van der Waals surface area contributed by atoms with Gasteiger partial charge in [-0.25, -0.2) is 9.18 Å². The third-order valence-electron chi connectivity index (χ3n) is 8.56. The normalized spacial score (nSPS) is 18.1. The topological polar surface area (TPSA) is 73.9 Å². The molecule has 3 aromatic carbocycles. The van der Waals surface area contributed by atoms with E-state index < -0.39 is 5.60 Å². The first-order valence-electron chi connectivity index (χ1n) is 16.2. The van der Waals surface area contributed by atoms with Gasteiger partial charge < -0.3 is 20.3 Å². The molecule has 2 saturated heterocycles. The predicted octanol–water partition coefficient (Wildman–Crippen LogP) is 6.41. The van der Waals surface area contributed by atoms with Gasteiger partial charge in [-0.3, -0.25) is 9.69 Å². The minimum absolute atomic E-state index is 0.158. The Hall–Kier alpha value is -3.75. The highest BCUT2D eigenvalue weighted by atomic mass is 19.1. The molecule has 2 aliphatic heterocycles. The number of amides is 2. The van der Waals surface area contributed by atoms with Crippen molar-refractivity contribution in [2.75, 3.05) is 32.7 Å². The summed E-state index contributed by atoms with van der Waals surface area (Å²) < 4.78 is 20.5. The van der Waals surface area contributed by atoms with Gasteiger partial charge in [-0.05, 0) is 105 Å². The summed E-state index contributed by atoms with van der Waals surface area (Å²) >= 11 is 0. The van der Waals surface area contributed by atoms with Crippen LogP contribution < -0.4 is 10.6 Å². The maximum absolute atomic E-state index is 15.0. The van der Waals surface area contributed by atoms with Crippen LogP contribution in [0.3, 0.4) is 0 Å². The van der Waals surface area contributed by atoms with E-state index in [0.717, 1.165) is 67.7 Å². The van der Waals surface area contributed by atoms with E-state index >= 15 is 0 Å². The molecule has 0 aliphatic carbocycles. The number of halogens is 1. The van der Waals surface area contributed by atoms with Crippen LogP contribution in [0.1, 0.15) is 67.6 Å². The van der Waals surface area contributed by atoms with Gasteiger partial charge in [0.05, 0.1) is 0 Å². The van der Waals surface area contributed by atoms with Gasteiger partial charge >= 0.3 is 6.09 Å². The monoisotopic (exact) mass is 614 g/mol. The molecule has 0 bridgehead atoms. The van der Waals surface area contributed by atoms with Crippen LogP contribution in [0.2, 0.25) is 0 Å². The smallest absolute Gasteiger partial charge is 0.410 e. The van der Waals surface area contributed by atoms with Gasteiger partial charge in [0.15, 0.2) is 0 Å². The van der Waals surface area contributed by atoms with Crippen molar-refractivity contribution >= 4 is 12.0 Å². The minimum atomic E-state index is -0.496. The lowest BCUT2D eigenvalue weighted by Gasteiger charge is -2.33. The lowest BCUT2D eigenvalue weighted by atomic mass is 9.90. The summed E-state index contributed by atoms with van der Waals surface area (Å²) in [7, 11) is 0. The predicted molar refractivity (Wildman–Crippen MR) is 176 cm³/mol. The number of rotatable bonds is 8. The second-order valence-electron chi connectivity index (χ2n) is 13.6. The average Bonchev–Trinajstić information content (AvgIpc) is 3.00. The van der Waals surface area contributed by atoms with E-state index in [1.807, 2.05) is 57.2 Å². The molecule has 0 aromatic heterocycles. The molecule has 2 fully saturated rings. The molecule has 1 atom stereocenters. The zero-order valence-electron chi connectivity index (χ0n) is 27.1. The number of benzene rings is 3. The molecule has 2 heterocycles. The molecular weight excluding hydrogens is 567 g/mol. The number of carbonyl (C=O) groups excluding carboxylic acids is 2. The first-order chi connectivity index (χ1) is 21.5. The van der Waals surface area contributed by atoms with Crippen molar-refractivity contribution in [2.24, 2.45) is 5.92 Å². The molecule has 3 aromatic rings. The van der Waals surface area contributed by atoms with Crippen LogP contribution in [0.15, 0.2) is 66.7 Å². The Labute approximate surface area is 267 Å². The van der Waals surface area contributed by atoms with E-state index in [9.17, 15) is 14.0 Å². The average molecular weight is 615 g/mol. The molecule has 2 N–H and O–H groups in total. The van der Waals surface area contributed by atoms with Gasteiger partial charge in [-0.2, -0.15) is 0 Å². The van der Waals surface area contributed by atoms with E-state index in [2.05, 4.69) is 40.7 Å².